The number of nitrogens with zero attached hydrogens (tertiary/aromatic N) is 3. The van der Waals surface area contributed by atoms with E-state index in [0.717, 1.165) is 25.7 Å². The van der Waals surface area contributed by atoms with E-state index in [4.69, 9.17) is 25.8 Å². The molecule has 4 rings (SSSR count). The summed E-state index contributed by atoms with van der Waals surface area (Å²) in [5.74, 6) is -0.873. The van der Waals surface area contributed by atoms with Gasteiger partial charge in [-0.3, -0.25) is 9.80 Å². The average Bonchev–Trinajstić information content (AvgIpc) is 3.37. The minimum absolute atomic E-state index is 0.0339. The average molecular weight is 604 g/mol. The molecular formula is C32H43ClFN3O5. The van der Waals surface area contributed by atoms with Crippen molar-refractivity contribution in [1.29, 1.82) is 0 Å². The topological polar surface area (TPSA) is 71.6 Å². The SMILES string of the molecule is COC(=O)[C@@H]1C[C@H](Oc2cc(F)c(Cl)c(N(C)C3CCC(c4ccccc4)(N(C)C)CC3)c2)CN1C(=O)OC(C)(C)C. The fourth-order valence-corrected chi connectivity index (χ4v) is 6.48. The van der Waals surface area contributed by atoms with Crippen LogP contribution in [0.2, 0.25) is 5.02 Å². The van der Waals surface area contributed by atoms with Gasteiger partial charge in [-0.05, 0) is 66.1 Å². The molecule has 8 nitrogen and oxygen atoms in total. The van der Waals surface area contributed by atoms with E-state index < -0.39 is 35.6 Å². The summed E-state index contributed by atoms with van der Waals surface area (Å²) in [5.41, 5.74) is 1.05. The third-order valence-electron chi connectivity index (χ3n) is 8.53. The van der Waals surface area contributed by atoms with Crippen LogP contribution < -0.4 is 9.64 Å². The number of carbonyl (C=O) groups excluding carboxylic acids is 2. The molecule has 1 aliphatic heterocycles. The Hall–Kier alpha value is -3.04. The van der Waals surface area contributed by atoms with Crippen LogP contribution in [-0.4, -0.2) is 80.4 Å². The van der Waals surface area contributed by atoms with Crippen LogP contribution in [0.4, 0.5) is 14.9 Å². The van der Waals surface area contributed by atoms with Gasteiger partial charge in [-0.15, -0.1) is 0 Å². The summed E-state index contributed by atoms with van der Waals surface area (Å²) in [6.07, 6.45) is 2.70. The molecule has 1 saturated heterocycles. The fourth-order valence-electron chi connectivity index (χ4n) is 6.24. The van der Waals surface area contributed by atoms with E-state index in [1.165, 1.54) is 23.6 Å². The molecule has 2 atom stereocenters. The van der Waals surface area contributed by atoms with Crippen molar-refractivity contribution in [2.24, 2.45) is 0 Å². The fraction of sp³-hybridized carbons (Fsp3) is 0.562. The minimum atomic E-state index is -0.863. The molecule has 0 unspecified atom stereocenters. The van der Waals surface area contributed by atoms with Gasteiger partial charge in [0.15, 0.2) is 0 Å². The van der Waals surface area contributed by atoms with Crippen LogP contribution in [0.3, 0.4) is 0 Å². The van der Waals surface area contributed by atoms with Gasteiger partial charge >= 0.3 is 12.1 Å². The Morgan fingerprint density at radius 2 is 1.71 bits per heavy atom. The van der Waals surface area contributed by atoms with E-state index in [2.05, 4.69) is 43.3 Å². The number of rotatable bonds is 7. The molecule has 0 radical (unpaired) electrons. The van der Waals surface area contributed by atoms with Crippen LogP contribution in [0.1, 0.15) is 58.4 Å². The van der Waals surface area contributed by atoms with Crippen molar-refractivity contribution in [3.63, 3.8) is 0 Å². The zero-order valence-corrected chi connectivity index (χ0v) is 26.4. The highest BCUT2D eigenvalue weighted by atomic mass is 35.5. The zero-order valence-electron chi connectivity index (χ0n) is 25.7. The van der Waals surface area contributed by atoms with Crippen LogP contribution in [0.15, 0.2) is 42.5 Å². The summed E-state index contributed by atoms with van der Waals surface area (Å²) in [6.45, 7) is 5.36. The van der Waals surface area contributed by atoms with Crippen LogP contribution >= 0.6 is 11.6 Å². The van der Waals surface area contributed by atoms with Crippen molar-refractivity contribution in [3.05, 3.63) is 58.9 Å². The van der Waals surface area contributed by atoms with Gasteiger partial charge in [-0.1, -0.05) is 41.9 Å². The van der Waals surface area contributed by atoms with Crippen molar-refractivity contribution in [2.45, 2.75) is 82.2 Å². The van der Waals surface area contributed by atoms with Crippen molar-refractivity contribution < 1.29 is 28.2 Å². The highest BCUT2D eigenvalue weighted by Gasteiger charge is 2.44. The molecule has 2 aliphatic rings. The number of methoxy groups -OCH3 is 1. The summed E-state index contributed by atoms with van der Waals surface area (Å²) >= 11 is 6.50. The number of likely N-dealkylation sites (tertiary alicyclic amines) is 1. The van der Waals surface area contributed by atoms with Crippen molar-refractivity contribution in [3.8, 4) is 5.75 Å². The van der Waals surface area contributed by atoms with E-state index >= 15 is 4.39 Å². The molecule has 2 aromatic carbocycles. The molecule has 10 heteroatoms. The van der Waals surface area contributed by atoms with Gasteiger partial charge in [0.05, 0.1) is 24.4 Å². The maximum absolute atomic E-state index is 15.1. The first kappa shape index (κ1) is 31.9. The Kier molecular flexibility index (Phi) is 9.62. The molecule has 0 bridgehead atoms. The number of amides is 1. The largest absolute Gasteiger partial charge is 0.488 e. The van der Waals surface area contributed by atoms with Gasteiger partial charge in [0, 0.05) is 37.2 Å². The second-order valence-corrected chi connectivity index (χ2v) is 12.9. The molecule has 1 saturated carbocycles. The molecular weight excluding hydrogens is 561 g/mol. The van der Waals surface area contributed by atoms with Gasteiger partial charge < -0.3 is 19.1 Å². The number of hydrogen-bond donors (Lipinski definition) is 0. The second kappa shape index (κ2) is 12.7. The number of benzene rings is 2. The molecule has 0 N–H and O–H groups in total. The summed E-state index contributed by atoms with van der Waals surface area (Å²) in [5, 5.41) is 0.0339. The van der Waals surface area contributed by atoms with Crippen molar-refractivity contribution in [1.82, 2.24) is 9.80 Å². The van der Waals surface area contributed by atoms with Gasteiger partial charge in [0.2, 0.25) is 0 Å². The zero-order chi connectivity index (χ0) is 30.8. The molecule has 1 heterocycles. The molecule has 0 aromatic heterocycles. The smallest absolute Gasteiger partial charge is 0.411 e. The minimum Gasteiger partial charge on any atom is -0.488 e. The first-order valence-electron chi connectivity index (χ1n) is 14.4. The van der Waals surface area contributed by atoms with E-state index in [0.29, 0.717) is 5.69 Å². The molecule has 0 spiro atoms. The van der Waals surface area contributed by atoms with Gasteiger partial charge in [0.25, 0.3) is 0 Å². The van der Waals surface area contributed by atoms with Crippen molar-refractivity contribution in [2.75, 3.05) is 39.7 Å². The van der Waals surface area contributed by atoms with E-state index in [-0.39, 0.29) is 35.3 Å². The lowest BCUT2D eigenvalue weighted by Crippen LogP contribution is -2.48. The number of ether oxygens (including phenoxy) is 3. The monoisotopic (exact) mass is 603 g/mol. The first-order valence-corrected chi connectivity index (χ1v) is 14.8. The maximum Gasteiger partial charge on any atom is 0.411 e. The van der Waals surface area contributed by atoms with E-state index in [9.17, 15) is 9.59 Å². The Morgan fingerprint density at radius 1 is 1.07 bits per heavy atom. The van der Waals surface area contributed by atoms with E-state index in [1.54, 1.807) is 26.8 Å². The van der Waals surface area contributed by atoms with Gasteiger partial charge in [-0.2, -0.15) is 0 Å². The van der Waals surface area contributed by atoms with Crippen molar-refractivity contribution >= 4 is 29.4 Å². The molecule has 1 amide bonds. The van der Waals surface area contributed by atoms with Crippen LogP contribution in [0, 0.1) is 5.82 Å². The number of carbonyl (C=O) groups is 2. The highest BCUT2D eigenvalue weighted by Crippen LogP contribution is 2.44. The molecule has 42 heavy (non-hydrogen) atoms. The summed E-state index contributed by atoms with van der Waals surface area (Å²) in [4.78, 5) is 31.0. The Balaban J connectivity index is 1.50. The van der Waals surface area contributed by atoms with Gasteiger partial charge in [-0.25, -0.2) is 14.0 Å². The quantitative estimate of drug-likeness (QED) is 0.347. The predicted octanol–water partition coefficient (Wildman–Crippen LogP) is 6.24. The van der Waals surface area contributed by atoms with Crippen LogP contribution in [0.5, 0.6) is 5.75 Å². The van der Waals surface area contributed by atoms with Gasteiger partial charge in [0.1, 0.15) is 29.3 Å². The van der Waals surface area contributed by atoms with Crippen LogP contribution in [-0.2, 0) is 19.8 Å². The molecule has 2 aromatic rings. The standard InChI is InChI=1S/C32H43ClFN3O5/c1-31(2,3)42-30(39)37-20-24(19-27(37)29(38)40-7)41-23-17-25(34)28(33)26(18-23)36(6)22-13-15-32(16-14-22,35(4)5)21-11-9-8-10-12-21/h8-12,17-18,22,24,27H,13-16,19-20H2,1-7H3/t22?,24-,27-,32?/m0/s1. The third kappa shape index (κ3) is 6.78. The highest BCUT2D eigenvalue weighted by molar-refractivity contribution is 6.33. The van der Waals surface area contributed by atoms with E-state index in [1.807, 2.05) is 18.0 Å². The second-order valence-electron chi connectivity index (χ2n) is 12.5. The molecule has 230 valence electrons. The lowest BCUT2D eigenvalue weighted by atomic mass is 9.73. The van der Waals surface area contributed by atoms with Crippen LogP contribution in [0.25, 0.3) is 0 Å². The summed E-state index contributed by atoms with van der Waals surface area (Å²) in [7, 11) is 7.46. The number of halogens is 2. The lowest BCUT2D eigenvalue weighted by Gasteiger charge is -2.47. The predicted molar refractivity (Wildman–Crippen MR) is 162 cm³/mol. The normalized spacial score (nSPS) is 24.4. The third-order valence-corrected chi connectivity index (χ3v) is 8.90. The Labute approximate surface area is 253 Å². The molecule has 1 aliphatic carbocycles. The Bertz CT molecular complexity index is 1260. The summed E-state index contributed by atoms with van der Waals surface area (Å²) < 4.78 is 31.7. The Morgan fingerprint density at radius 3 is 2.29 bits per heavy atom. The lowest BCUT2D eigenvalue weighted by molar-refractivity contribution is -0.145. The summed E-state index contributed by atoms with van der Waals surface area (Å²) in [6, 6.07) is 12.9. The number of hydrogen-bond acceptors (Lipinski definition) is 7. The molecule has 2 fully saturated rings. The number of esters is 1. The first-order chi connectivity index (χ1) is 19.8. The number of anilines is 1. The maximum atomic E-state index is 15.1.